The van der Waals surface area contributed by atoms with Crippen LogP contribution in [-0.2, 0) is 27.5 Å². The maximum atomic E-state index is 12.7. The summed E-state index contributed by atoms with van der Waals surface area (Å²) in [5.74, 6) is 0.166. The molecule has 8 heteroatoms. The van der Waals surface area contributed by atoms with Crippen LogP contribution in [0.5, 0.6) is 0 Å². The molecule has 0 spiro atoms. The smallest absolute Gasteiger partial charge is 0.226 e. The van der Waals surface area contributed by atoms with E-state index in [1.807, 2.05) is 12.1 Å². The van der Waals surface area contributed by atoms with Crippen molar-refractivity contribution in [1.29, 1.82) is 0 Å². The van der Waals surface area contributed by atoms with Gasteiger partial charge in [-0.3, -0.25) is 9.78 Å². The molecule has 4 rings (SSSR count). The van der Waals surface area contributed by atoms with Gasteiger partial charge in [-0.2, -0.15) is 0 Å². The lowest BCUT2D eigenvalue weighted by Gasteiger charge is -2.31. The Bertz CT molecular complexity index is 879. The van der Waals surface area contributed by atoms with Crippen LogP contribution >= 0.6 is 11.3 Å². The fourth-order valence-electron chi connectivity index (χ4n) is 3.40. The molecule has 1 fully saturated rings. The van der Waals surface area contributed by atoms with Gasteiger partial charge in [0.05, 0.1) is 17.2 Å². The fraction of sp³-hybridized carbons (Fsp3) is 0.471. The number of fused-ring (bicyclic) bond motifs is 1. The summed E-state index contributed by atoms with van der Waals surface area (Å²) >= 11 is 1.69. The second-order valence-electron chi connectivity index (χ2n) is 6.54. The van der Waals surface area contributed by atoms with Crippen LogP contribution in [0.4, 0.5) is 0 Å². The number of pyridine rings is 1. The van der Waals surface area contributed by atoms with Gasteiger partial charge < -0.3 is 4.90 Å². The van der Waals surface area contributed by atoms with Crippen molar-refractivity contribution in [3.63, 3.8) is 0 Å². The van der Waals surface area contributed by atoms with Crippen molar-refractivity contribution < 1.29 is 13.2 Å². The molecule has 2 aromatic heterocycles. The van der Waals surface area contributed by atoms with Crippen LogP contribution in [0.1, 0.15) is 17.0 Å². The summed E-state index contributed by atoms with van der Waals surface area (Å²) in [6.07, 6.45) is 5.84. The van der Waals surface area contributed by atoms with Gasteiger partial charge in [0, 0.05) is 48.3 Å². The van der Waals surface area contributed by atoms with Crippen LogP contribution in [0.2, 0.25) is 0 Å². The molecule has 1 atom stereocenters. The van der Waals surface area contributed by atoms with Gasteiger partial charge in [0.15, 0.2) is 9.84 Å². The van der Waals surface area contributed by atoms with Crippen molar-refractivity contribution in [1.82, 2.24) is 14.9 Å². The fourth-order valence-corrected chi connectivity index (χ4v) is 5.71. The van der Waals surface area contributed by atoms with Gasteiger partial charge in [-0.05, 0) is 25.0 Å². The molecule has 0 radical (unpaired) electrons. The quantitative estimate of drug-likeness (QED) is 0.794. The lowest BCUT2D eigenvalue weighted by molar-refractivity contribution is -0.135. The van der Waals surface area contributed by atoms with Crippen molar-refractivity contribution >= 4 is 27.1 Å². The molecular weight excluding hydrogens is 358 g/mol. The molecule has 1 amide bonds. The molecule has 0 saturated carbocycles. The van der Waals surface area contributed by atoms with E-state index in [4.69, 9.17) is 4.98 Å². The normalized spacial score (nSPS) is 22.4. The summed E-state index contributed by atoms with van der Waals surface area (Å²) in [5.41, 5.74) is 2.07. The van der Waals surface area contributed by atoms with Gasteiger partial charge in [-0.15, -0.1) is 11.3 Å². The number of carbonyl (C=O) groups is 1. The summed E-state index contributed by atoms with van der Waals surface area (Å²) in [6.45, 7) is 0.647. The van der Waals surface area contributed by atoms with Crippen LogP contribution in [0.15, 0.2) is 24.5 Å². The average Bonchev–Trinajstić information content (AvgIpc) is 3.05. The summed E-state index contributed by atoms with van der Waals surface area (Å²) < 4.78 is 23.1. The molecule has 0 aromatic carbocycles. The SMILES string of the molecule is O=C(C1CCc2sc(-c3ccncc3)nc2C1)N1CCS(=O)(=O)CC1. The first-order valence-electron chi connectivity index (χ1n) is 8.40. The van der Waals surface area contributed by atoms with Gasteiger partial charge in [-0.1, -0.05) is 0 Å². The van der Waals surface area contributed by atoms with Crippen LogP contribution < -0.4 is 0 Å². The van der Waals surface area contributed by atoms with Crippen molar-refractivity contribution in [2.45, 2.75) is 19.3 Å². The molecule has 1 unspecified atom stereocenters. The first kappa shape index (κ1) is 16.7. The number of aromatic nitrogens is 2. The maximum absolute atomic E-state index is 12.7. The molecule has 6 nitrogen and oxygen atoms in total. The zero-order chi connectivity index (χ0) is 17.4. The first-order chi connectivity index (χ1) is 12.0. The number of aryl methyl sites for hydroxylation is 1. The number of amides is 1. The zero-order valence-electron chi connectivity index (χ0n) is 13.7. The van der Waals surface area contributed by atoms with E-state index in [9.17, 15) is 13.2 Å². The third kappa shape index (κ3) is 3.46. The van der Waals surface area contributed by atoms with E-state index in [2.05, 4.69) is 4.98 Å². The highest BCUT2D eigenvalue weighted by atomic mass is 32.2. The van der Waals surface area contributed by atoms with Gasteiger partial charge in [0.25, 0.3) is 0 Å². The van der Waals surface area contributed by atoms with E-state index in [0.29, 0.717) is 19.5 Å². The second kappa shape index (κ2) is 6.49. The molecule has 2 aromatic rings. The Morgan fingerprint density at radius 3 is 2.64 bits per heavy atom. The molecule has 0 N–H and O–H groups in total. The second-order valence-corrected chi connectivity index (χ2v) is 9.93. The van der Waals surface area contributed by atoms with Crippen LogP contribution in [0, 0.1) is 5.92 Å². The summed E-state index contributed by atoms with van der Waals surface area (Å²) in [6, 6.07) is 3.89. The molecular formula is C17H19N3O3S2. The predicted octanol–water partition coefficient (Wildman–Crippen LogP) is 1.57. The number of hydrogen-bond acceptors (Lipinski definition) is 6. The Kier molecular flexibility index (Phi) is 4.33. The standard InChI is InChI=1S/C17H19N3O3S2/c21-17(20-7-9-25(22,23)10-8-20)13-1-2-15-14(11-13)19-16(24-15)12-3-5-18-6-4-12/h3-6,13H,1-2,7-11H2. The highest BCUT2D eigenvalue weighted by molar-refractivity contribution is 7.91. The maximum Gasteiger partial charge on any atom is 0.226 e. The Balaban J connectivity index is 1.48. The Hall–Kier alpha value is -1.80. The number of hydrogen-bond donors (Lipinski definition) is 0. The summed E-state index contributed by atoms with van der Waals surface area (Å²) in [7, 11) is -2.97. The molecule has 3 heterocycles. The lowest BCUT2D eigenvalue weighted by atomic mass is 9.89. The number of carbonyl (C=O) groups excluding carboxylic acids is 1. The van der Waals surface area contributed by atoms with Crippen LogP contribution in [-0.4, -0.2) is 53.8 Å². The lowest BCUT2D eigenvalue weighted by Crippen LogP contribution is -2.47. The molecule has 132 valence electrons. The average molecular weight is 377 g/mol. The van der Waals surface area contributed by atoms with E-state index in [1.54, 1.807) is 28.6 Å². The zero-order valence-corrected chi connectivity index (χ0v) is 15.4. The van der Waals surface area contributed by atoms with E-state index in [0.717, 1.165) is 29.1 Å². The molecule has 0 bridgehead atoms. The first-order valence-corrected chi connectivity index (χ1v) is 11.0. The van der Waals surface area contributed by atoms with E-state index in [1.165, 1.54) is 4.88 Å². The van der Waals surface area contributed by atoms with Gasteiger partial charge in [0.2, 0.25) is 5.91 Å². The van der Waals surface area contributed by atoms with Gasteiger partial charge in [-0.25, -0.2) is 13.4 Å². The van der Waals surface area contributed by atoms with Crippen molar-refractivity contribution in [3.05, 3.63) is 35.1 Å². The number of nitrogens with zero attached hydrogens (tertiary/aromatic N) is 3. The number of sulfone groups is 1. The number of thiazole rings is 1. The minimum absolute atomic E-state index is 0.0824. The molecule has 25 heavy (non-hydrogen) atoms. The summed E-state index contributed by atoms with van der Waals surface area (Å²) in [5, 5.41) is 0.976. The largest absolute Gasteiger partial charge is 0.340 e. The van der Waals surface area contributed by atoms with E-state index < -0.39 is 9.84 Å². The van der Waals surface area contributed by atoms with Crippen LogP contribution in [0.25, 0.3) is 10.6 Å². The van der Waals surface area contributed by atoms with E-state index in [-0.39, 0.29) is 23.3 Å². The highest BCUT2D eigenvalue weighted by Gasteiger charge is 2.33. The highest BCUT2D eigenvalue weighted by Crippen LogP contribution is 2.35. The van der Waals surface area contributed by atoms with Crippen molar-refractivity contribution in [2.75, 3.05) is 24.6 Å². The predicted molar refractivity (Wildman–Crippen MR) is 96.1 cm³/mol. The Morgan fingerprint density at radius 1 is 1.20 bits per heavy atom. The third-order valence-electron chi connectivity index (χ3n) is 4.87. The third-order valence-corrected chi connectivity index (χ3v) is 7.69. The van der Waals surface area contributed by atoms with Crippen molar-refractivity contribution in [2.24, 2.45) is 5.92 Å². The molecule has 1 aliphatic heterocycles. The molecule has 1 aliphatic carbocycles. The Labute approximate surface area is 150 Å². The van der Waals surface area contributed by atoms with Gasteiger partial charge in [0.1, 0.15) is 5.01 Å². The minimum atomic E-state index is -2.97. The van der Waals surface area contributed by atoms with Crippen molar-refractivity contribution in [3.8, 4) is 10.6 Å². The monoisotopic (exact) mass is 377 g/mol. The van der Waals surface area contributed by atoms with Gasteiger partial charge >= 0.3 is 0 Å². The van der Waals surface area contributed by atoms with E-state index >= 15 is 0 Å². The summed E-state index contributed by atoms with van der Waals surface area (Å²) in [4.78, 5) is 24.5. The molecule has 1 saturated heterocycles. The topological polar surface area (TPSA) is 80.2 Å². The number of rotatable bonds is 2. The van der Waals surface area contributed by atoms with Crippen LogP contribution in [0.3, 0.4) is 0 Å². The minimum Gasteiger partial charge on any atom is -0.340 e. The Morgan fingerprint density at radius 2 is 1.92 bits per heavy atom. The molecule has 2 aliphatic rings.